The van der Waals surface area contributed by atoms with Crippen molar-refractivity contribution in [3.8, 4) is 0 Å². The Hall–Kier alpha value is -3.80. The monoisotopic (exact) mass is 357 g/mol. The fraction of sp³-hybridized carbons (Fsp3) is 0.0476. The third-order valence-electron chi connectivity index (χ3n) is 5.04. The molecular weight excluding hydrogens is 342 g/mol. The molecule has 0 saturated carbocycles. The zero-order chi connectivity index (χ0) is 18.5. The maximum atomic E-state index is 13.1. The van der Waals surface area contributed by atoms with Gasteiger partial charge in [-0.15, -0.1) is 0 Å². The van der Waals surface area contributed by atoms with Crippen molar-refractivity contribution in [3.05, 3.63) is 77.2 Å². The average Bonchev–Trinajstić information content (AvgIpc) is 3.20. The van der Waals surface area contributed by atoms with Gasteiger partial charge in [-0.2, -0.15) is 0 Å². The number of benzene rings is 2. The van der Waals surface area contributed by atoms with Crippen LogP contribution >= 0.6 is 0 Å². The molecule has 4 N–H and O–H groups in total. The highest BCUT2D eigenvalue weighted by Crippen LogP contribution is 2.38. The number of fused-ring (bicyclic) bond motifs is 4. The maximum Gasteiger partial charge on any atom is 0.352 e. The van der Waals surface area contributed by atoms with Gasteiger partial charge in [0.15, 0.2) is 0 Å². The number of amides is 1. The quantitative estimate of drug-likeness (QED) is 0.443. The lowest BCUT2D eigenvalue weighted by Gasteiger charge is -2.14. The molecule has 0 spiro atoms. The van der Waals surface area contributed by atoms with Crippen LogP contribution in [0.2, 0.25) is 0 Å². The van der Waals surface area contributed by atoms with Crippen molar-refractivity contribution in [2.75, 3.05) is 0 Å². The van der Waals surface area contributed by atoms with Gasteiger partial charge in [0.25, 0.3) is 0 Å². The van der Waals surface area contributed by atoms with Crippen molar-refractivity contribution in [2.45, 2.75) is 5.92 Å². The number of carbonyl (C=O) groups is 2. The summed E-state index contributed by atoms with van der Waals surface area (Å²) in [4.78, 5) is 31.2. The van der Waals surface area contributed by atoms with Crippen LogP contribution in [0.25, 0.3) is 27.9 Å². The van der Waals surface area contributed by atoms with E-state index in [1.54, 1.807) is 0 Å². The summed E-state index contributed by atoms with van der Waals surface area (Å²) in [6, 6.07) is 15.4. The second kappa shape index (κ2) is 5.60. The summed E-state index contributed by atoms with van der Waals surface area (Å²) in [6.07, 6.45) is 3.35. The van der Waals surface area contributed by atoms with Crippen LogP contribution in [0, 0.1) is 0 Å². The molecule has 6 nitrogen and oxygen atoms in total. The zero-order valence-electron chi connectivity index (χ0n) is 14.1. The summed E-state index contributed by atoms with van der Waals surface area (Å²) in [5.41, 5.74) is 3.87. The summed E-state index contributed by atoms with van der Waals surface area (Å²) in [5.74, 6) is -2.20. The largest absolute Gasteiger partial charge is 0.477 e. The Labute approximate surface area is 153 Å². The van der Waals surface area contributed by atoms with Crippen molar-refractivity contribution < 1.29 is 14.7 Å². The van der Waals surface area contributed by atoms with Crippen LogP contribution in [0.5, 0.6) is 0 Å². The van der Waals surface area contributed by atoms with Gasteiger partial charge < -0.3 is 20.4 Å². The van der Waals surface area contributed by atoms with Crippen molar-refractivity contribution in [2.24, 2.45) is 0 Å². The molecule has 0 fully saturated rings. The van der Waals surface area contributed by atoms with Crippen LogP contribution < -0.4 is 5.32 Å². The molecule has 1 aliphatic heterocycles. The highest BCUT2D eigenvalue weighted by molar-refractivity contribution is 6.06. The standard InChI is InChI=1S/C21H15N3O3/c25-20-18(14-10-22-15-7-3-1-6-12(14)15)19-13(9-17(24-20)21(26)27)11-5-2-4-8-16(11)23-19/h1-10,18,22-23H,(H,24,25)(H,26,27)/t18-/m0/s1. The number of carbonyl (C=O) groups excluding carboxylic acids is 1. The zero-order valence-corrected chi connectivity index (χ0v) is 14.1. The van der Waals surface area contributed by atoms with E-state index in [2.05, 4.69) is 15.3 Å². The number of carboxylic acids is 1. The number of H-pyrrole nitrogens is 2. The number of hydrogen-bond donors (Lipinski definition) is 4. The minimum atomic E-state index is -1.17. The number of rotatable bonds is 2. The van der Waals surface area contributed by atoms with Gasteiger partial charge in [-0.25, -0.2) is 4.79 Å². The van der Waals surface area contributed by atoms with Gasteiger partial charge >= 0.3 is 5.97 Å². The molecule has 0 radical (unpaired) electrons. The number of para-hydroxylation sites is 2. The molecule has 0 saturated heterocycles. The van der Waals surface area contributed by atoms with Crippen molar-refractivity contribution in [1.29, 1.82) is 0 Å². The van der Waals surface area contributed by atoms with Crippen molar-refractivity contribution in [3.63, 3.8) is 0 Å². The van der Waals surface area contributed by atoms with Crippen LogP contribution in [-0.4, -0.2) is 27.0 Å². The van der Waals surface area contributed by atoms with E-state index >= 15 is 0 Å². The van der Waals surface area contributed by atoms with E-state index in [0.29, 0.717) is 5.69 Å². The molecule has 3 heterocycles. The summed E-state index contributed by atoms with van der Waals surface area (Å²) in [6.45, 7) is 0. The third-order valence-corrected chi connectivity index (χ3v) is 5.04. The number of aromatic nitrogens is 2. The molecule has 0 bridgehead atoms. The summed E-state index contributed by atoms with van der Waals surface area (Å²) in [5, 5.41) is 13.9. The minimum Gasteiger partial charge on any atom is -0.477 e. The predicted octanol–water partition coefficient (Wildman–Crippen LogP) is 3.34. The molecule has 0 aliphatic carbocycles. The lowest BCUT2D eigenvalue weighted by molar-refractivity contribution is -0.134. The van der Waals surface area contributed by atoms with E-state index in [1.165, 1.54) is 6.08 Å². The van der Waals surface area contributed by atoms with E-state index in [-0.39, 0.29) is 11.6 Å². The van der Waals surface area contributed by atoms with Gasteiger partial charge in [0.1, 0.15) is 11.6 Å². The van der Waals surface area contributed by atoms with Gasteiger partial charge in [-0.05, 0) is 23.8 Å². The number of carboxylic acid groups (broad SMARTS) is 1. The van der Waals surface area contributed by atoms with Crippen LogP contribution in [0.15, 0.2) is 60.4 Å². The van der Waals surface area contributed by atoms with Gasteiger partial charge in [0.2, 0.25) is 5.91 Å². The Bertz CT molecular complexity index is 1260. The number of aromatic amines is 2. The van der Waals surface area contributed by atoms with Gasteiger partial charge in [-0.1, -0.05) is 36.4 Å². The predicted molar refractivity (Wildman–Crippen MR) is 102 cm³/mol. The number of nitrogens with one attached hydrogen (secondary N) is 3. The Morgan fingerprint density at radius 2 is 1.67 bits per heavy atom. The van der Waals surface area contributed by atoms with Crippen LogP contribution in [0.1, 0.15) is 22.7 Å². The Morgan fingerprint density at radius 3 is 2.44 bits per heavy atom. The van der Waals surface area contributed by atoms with Crippen LogP contribution in [0.4, 0.5) is 0 Å². The lowest BCUT2D eigenvalue weighted by Crippen LogP contribution is -2.31. The van der Waals surface area contributed by atoms with Crippen LogP contribution in [-0.2, 0) is 9.59 Å². The third kappa shape index (κ3) is 2.27. The first-order valence-electron chi connectivity index (χ1n) is 8.56. The molecule has 1 aliphatic rings. The van der Waals surface area contributed by atoms with Gasteiger partial charge in [0, 0.05) is 39.3 Å². The second-order valence-corrected chi connectivity index (χ2v) is 6.57. The van der Waals surface area contributed by atoms with Crippen molar-refractivity contribution >= 4 is 39.8 Å². The molecule has 6 heteroatoms. The van der Waals surface area contributed by atoms with E-state index in [9.17, 15) is 14.7 Å². The minimum absolute atomic E-state index is 0.131. The molecule has 4 aromatic rings. The first-order chi connectivity index (χ1) is 13.1. The van der Waals surface area contributed by atoms with E-state index in [1.807, 2.05) is 54.7 Å². The fourth-order valence-electron chi connectivity index (χ4n) is 3.83. The van der Waals surface area contributed by atoms with Gasteiger partial charge in [0.05, 0.1) is 0 Å². The lowest BCUT2D eigenvalue weighted by atomic mass is 9.92. The molecular formula is C21H15N3O3. The van der Waals surface area contributed by atoms with Crippen LogP contribution in [0.3, 0.4) is 0 Å². The smallest absolute Gasteiger partial charge is 0.352 e. The SMILES string of the molecule is O=C(O)C1=Cc2c([nH]c3ccccc23)[C@H](c2c[nH]c3ccccc23)C(=O)N1. The molecule has 132 valence electrons. The highest BCUT2D eigenvalue weighted by atomic mass is 16.4. The Kier molecular flexibility index (Phi) is 3.21. The number of hydrogen-bond acceptors (Lipinski definition) is 2. The number of aliphatic carboxylic acids is 1. The van der Waals surface area contributed by atoms with E-state index in [4.69, 9.17) is 0 Å². The molecule has 1 amide bonds. The topological polar surface area (TPSA) is 98.0 Å². The van der Waals surface area contributed by atoms with E-state index < -0.39 is 11.9 Å². The second-order valence-electron chi connectivity index (χ2n) is 6.57. The highest BCUT2D eigenvalue weighted by Gasteiger charge is 2.33. The van der Waals surface area contributed by atoms with Gasteiger partial charge in [-0.3, -0.25) is 4.79 Å². The molecule has 5 rings (SSSR count). The fourth-order valence-corrected chi connectivity index (χ4v) is 3.83. The normalized spacial score (nSPS) is 16.7. The first-order valence-corrected chi connectivity index (χ1v) is 8.56. The average molecular weight is 357 g/mol. The van der Waals surface area contributed by atoms with E-state index in [0.717, 1.165) is 32.9 Å². The molecule has 0 unspecified atom stereocenters. The Morgan fingerprint density at radius 1 is 0.963 bits per heavy atom. The molecule has 2 aromatic carbocycles. The summed E-state index contributed by atoms with van der Waals surface area (Å²) in [7, 11) is 0. The molecule has 1 atom stereocenters. The maximum absolute atomic E-state index is 13.1. The summed E-state index contributed by atoms with van der Waals surface area (Å²) < 4.78 is 0. The Balaban J connectivity index is 1.82. The summed E-state index contributed by atoms with van der Waals surface area (Å²) >= 11 is 0. The molecule has 27 heavy (non-hydrogen) atoms. The van der Waals surface area contributed by atoms with Crippen molar-refractivity contribution in [1.82, 2.24) is 15.3 Å². The molecule has 2 aromatic heterocycles. The first kappa shape index (κ1) is 15.5.